The molecule has 82 valence electrons. The SMILES string of the molecule is CCOc1ccc(Nc2ccccn2)cc1. The Kier molecular flexibility index (Phi) is 3.38. The van der Waals surface area contributed by atoms with Crippen LogP contribution in [0.1, 0.15) is 6.92 Å². The van der Waals surface area contributed by atoms with Crippen LogP contribution in [0.4, 0.5) is 11.5 Å². The van der Waals surface area contributed by atoms with E-state index in [9.17, 15) is 0 Å². The van der Waals surface area contributed by atoms with Gasteiger partial charge in [-0.25, -0.2) is 4.98 Å². The molecule has 2 aromatic rings. The molecule has 0 aliphatic rings. The van der Waals surface area contributed by atoms with Crippen LogP contribution in [-0.2, 0) is 0 Å². The normalized spacial score (nSPS) is 9.81. The molecule has 0 aliphatic heterocycles. The molecule has 1 heterocycles. The first kappa shape index (κ1) is 10.5. The fraction of sp³-hybridized carbons (Fsp3) is 0.154. The summed E-state index contributed by atoms with van der Waals surface area (Å²) in [5.41, 5.74) is 1.00. The Bertz CT molecular complexity index is 425. The Morgan fingerprint density at radius 2 is 1.94 bits per heavy atom. The number of nitrogens with one attached hydrogen (secondary N) is 1. The molecular weight excluding hydrogens is 200 g/mol. The van der Waals surface area contributed by atoms with Crippen molar-refractivity contribution in [2.75, 3.05) is 11.9 Å². The second-order valence-corrected chi connectivity index (χ2v) is 3.30. The van der Waals surface area contributed by atoms with Gasteiger partial charge in [0.15, 0.2) is 0 Å². The van der Waals surface area contributed by atoms with Crippen molar-refractivity contribution in [3.63, 3.8) is 0 Å². The highest BCUT2D eigenvalue weighted by molar-refractivity contribution is 5.56. The summed E-state index contributed by atoms with van der Waals surface area (Å²) >= 11 is 0. The lowest BCUT2D eigenvalue weighted by molar-refractivity contribution is 0.340. The number of aromatic nitrogens is 1. The van der Waals surface area contributed by atoms with Crippen LogP contribution >= 0.6 is 0 Å². The molecule has 3 nitrogen and oxygen atoms in total. The monoisotopic (exact) mass is 214 g/mol. The second-order valence-electron chi connectivity index (χ2n) is 3.30. The van der Waals surface area contributed by atoms with Gasteiger partial charge in [-0.1, -0.05) is 6.07 Å². The highest BCUT2D eigenvalue weighted by atomic mass is 16.5. The molecule has 0 unspecified atom stereocenters. The van der Waals surface area contributed by atoms with E-state index in [-0.39, 0.29) is 0 Å². The largest absolute Gasteiger partial charge is 0.494 e. The molecule has 0 radical (unpaired) electrons. The summed E-state index contributed by atoms with van der Waals surface area (Å²) < 4.78 is 5.37. The predicted molar refractivity (Wildman–Crippen MR) is 65.1 cm³/mol. The number of anilines is 2. The number of hydrogen-bond donors (Lipinski definition) is 1. The molecule has 1 aromatic heterocycles. The number of benzene rings is 1. The van der Waals surface area contributed by atoms with Crippen molar-refractivity contribution in [3.8, 4) is 5.75 Å². The summed E-state index contributed by atoms with van der Waals surface area (Å²) in [6.07, 6.45) is 1.76. The van der Waals surface area contributed by atoms with Crippen LogP contribution in [0.25, 0.3) is 0 Å². The second kappa shape index (κ2) is 5.16. The van der Waals surface area contributed by atoms with E-state index in [1.807, 2.05) is 49.4 Å². The highest BCUT2D eigenvalue weighted by Gasteiger charge is 1.95. The molecule has 0 atom stereocenters. The summed E-state index contributed by atoms with van der Waals surface area (Å²) in [7, 11) is 0. The van der Waals surface area contributed by atoms with Crippen LogP contribution in [0.5, 0.6) is 5.75 Å². The Balaban J connectivity index is 2.05. The molecule has 0 saturated carbocycles. The van der Waals surface area contributed by atoms with Crippen LogP contribution in [0.2, 0.25) is 0 Å². The number of pyridine rings is 1. The number of nitrogens with zero attached hydrogens (tertiary/aromatic N) is 1. The predicted octanol–water partition coefficient (Wildman–Crippen LogP) is 3.22. The van der Waals surface area contributed by atoms with Crippen LogP contribution in [0.3, 0.4) is 0 Å². The van der Waals surface area contributed by atoms with Gasteiger partial charge in [0, 0.05) is 11.9 Å². The third-order valence-corrected chi connectivity index (χ3v) is 2.10. The van der Waals surface area contributed by atoms with Crippen molar-refractivity contribution in [1.29, 1.82) is 0 Å². The van der Waals surface area contributed by atoms with Crippen LogP contribution in [-0.4, -0.2) is 11.6 Å². The van der Waals surface area contributed by atoms with Crippen LogP contribution in [0, 0.1) is 0 Å². The van der Waals surface area contributed by atoms with Gasteiger partial charge in [0.05, 0.1) is 6.61 Å². The summed E-state index contributed by atoms with van der Waals surface area (Å²) in [6.45, 7) is 2.66. The molecule has 0 spiro atoms. The Morgan fingerprint density at radius 3 is 2.56 bits per heavy atom. The molecular formula is C13H14N2O. The minimum atomic E-state index is 0.688. The fourth-order valence-corrected chi connectivity index (χ4v) is 1.39. The van der Waals surface area contributed by atoms with Gasteiger partial charge in [-0.05, 0) is 43.3 Å². The van der Waals surface area contributed by atoms with E-state index in [1.54, 1.807) is 6.20 Å². The molecule has 16 heavy (non-hydrogen) atoms. The summed E-state index contributed by atoms with van der Waals surface area (Å²) in [6, 6.07) is 13.6. The zero-order valence-corrected chi connectivity index (χ0v) is 9.18. The lowest BCUT2D eigenvalue weighted by Crippen LogP contribution is -1.94. The van der Waals surface area contributed by atoms with Crippen molar-refractivity contribution < 1.29 is 4.74 Å². The Hall–Kier alpha value is -2.03. The first-order chi connectivity index (χ1) is 7.88. The maximum Gasteiger partial charge on any atom is 0.130 e. The fourth-order valence-electron chi connectivity index (χ4n) is 1.39. The number of ether oxygens (including phenoxy) is 1. The molecule has 0 amide bonds. The lowest BCUT2D eigenvalue weighted by atomic mass is 10.3. The number of hydrogen-bond acceptors (Lipinski definition) is 3. The van der Waals surface area contributed by atoms with Gasteiger partial charge < -0.3 is 10.1 Å². The lowest BCUT2D eigenvalue weighted by Gasteiger charge is -2.06. The summed E-state index contributed by atoms with van der Waals surface area (Å²) in [4.78, 5) is 4.19. The van der Waals surface area contributed by atoms with Crippen molar-refractivity contribution in [2.45, 2.75) is 6.92 Å². The smallest absolute Gasteiger partial charge is 0.130 e. The Labute approximate surface area is 95.1 Å². The van der Waals surface area contributed by atoms with Gasteiger partial charge in [-0.3, -0.25) is 0 Å². The average molecular weight is 214 g/mol. The highest BCUT2D eigenvalue weighted by Crippen LogP contribution is 2.18. The van der Waals surface area contributed by atoms with Gasteiger partial charge >= 0.3 is 0 Å². The molecule has 1 aromatic carbocycles. The standard InChI is InChI=1S/C13H14N2O/c1-2-16-12-8-6-11(7-9-12)15-13-5-3-4-10-14-13/h3-10H,2H2,1H3,(H,14,15). The topological polar surface area (TPSA) is 34.1 Å². The van der Waals surface area contributed by atoms with Gasteiger partial charge in [0.25, 0.3) is 0 Å². The maximum absolute atomic E-state index is 5.37. The van der Waals surface area contributed by atoms with Crippen LogP contribution < -0.4 is 10.1 Å². The first-order valence-electron chi connectivity index (χ1n) is 5.29. The zero-order chi connectivity index (χ0) is 11.2. The molecule has 0 bridgehead atoms. The average Bonchev–Trinajstić information content (AvgIpc) is 2.33. The van der Waals surface area contributed by atoms with Crippen molar-refractivity contribution in [2.24, 2.45) is 0 Å². The first-order valence-corrected chi connectivity index (χ1v) is 5.29. The maximum atomic E-state index is 5.37. The van der Waals surface area contributed by atoms with E-state index >= 15 is 0 Å². The Morgan fingerprint density at radius 1 is 1.12 bits per heavy atom. The molecule has 1 N–H and O–H groups in total. The van der Waals surface area contributed by atoms with Crippen molar-refractivity contribution in [3.05, 3.63) is 48.7 Å². The van der Waals surface area contributed by atoms with E-state index < -0.39 is 0 Å². The van der Waals surface area contributed by atoms with E-state index in [0.29, 0.717) is 6.61 Å². The van der Waals surface area contributed by atoms with Gasteiger partial charge in [0.1, 0.15) is 11.6 Å². The van der Waals surface area contributed by atoms with Gasteiger partial charge in [-0.2, -0.15) is 0 Å². The van der Waals surface area contributed by atoms with Gasteiger partial charge in [0.2, 0.25) is 0 Å². The summed E-state index contributed by atoms with van der Waals surface area (Å²) in [5, 5.41) is 3.21. The third kappa shape index (κ3) is 2.73. The van der Waals surface area contributed by atoms with Crippen molar-refractivity contribution >= 4 is 11.5 Å². The number of rotatable bonds is 4. The van der Waals surface area contributed by atoms with E-state index in [4.69, 9.17) is 4.74 Å². The molecule has 0 fully saturated rings. The van der Waals surface area contributed by atoms with Crippen molar-refractivity contribution in [1.82, 2.24) is 4.98 Å². The minimum Gasteiger partial charge on any atom is -0.494 e. The van der Waals surface area contributed by atoms with Gasteiger partial charge in [-0.15, -0.1) is 0 Å². The molecule has 3 heteroatoms. The quantitative estimate of drug-likeness (QED) is 0.848. The van der Waals surface area contributed by atoms with E-state index in [0.717, 1.165) is 17.3 Å². The third-order valence-electron chi connectivity index (χ3n) is 2.10. The minimum absolute atomic E-state index is 0.688. The summed E-state index contributed by atoms with van der Waals surface area (Å²) in [5.74, 6) is 1.72. The van der Waals surface area contributed by atoms with E-state index in [2.05, 4.69) is 10.3 Å². The van der Waals surface area contributed by atoms with E-state index in [1.165, 1.54) is 0 Å². The van der Waals surface area contributed by atoms with Crippen LogP contribution in [0.15, 0.2) is 48.7 Å². The molecule has 0 aliphatic carbocycles. The molecule has 2 rings (SSSR count). The zero-order valence-electron chi connectivity index (χ0n) is 9.18. The molecule has 0 saturated heterocycles.